The Kier molecular flexibility index (Phi) is 17.1. The van der Waals surface area contributed by atoms with E-state index in [9.17, 15) is 0 Å². The third kappa shape index (κ3) is 14.4. The zero-order chi connectivity index (χ0) is 14.9. The van der Waals surface area contributed by atoms with Crippen molar-refractivity contribution in [3.63, 3.8) is 0 Å². The van der Waals surface area contributed by atoms with Gasteiger partial charge in [-0.25, -0.2) is 0 Å². The molecule has 0 aliphatic rings. The Labute approximate surface area is 130 Å². The Morgan fingerprint density at radius 3 is 1.20 bits per heavy atom. The molecule has 20 heavy (non-hydrogen) atoms. The van der Waals surface area contributed by atoms with Crippen LogP contribution >= 0.6 is 0 Å². The van der Waals surface area contributed by atoms with Gasteiger partial charge in [0.25, 0.3) is 0 Å². The van der Waals surface area contributed by atoms with Gasteiger partial charge in [0.1, 0.15) is 0 Å². The number of hydrogen-bond acceptors (Lipinski definition) is 0. The summed E-state index contributed by atoms with van der Waals surface area (Å²) in [5.41, 5.74) is 0. The van der Waals surface area contributed by atoms with Crippen molar-refractivity contribution in [1.82, 2.24) is 0 Å². The van der Waals surface area contributed by atoms with Crippen LogP contribution in [0.25, 0.3) is 0 Å². The van der Waals surface area contributed by atoms with E-state index in [0.717, 1.165) is 5.92 Å². The van der Waals surface area contributed by atoms with E-state index < -0.39 is 0 Å². The molecule has 0 saturated carbocycles. The highest BCUT2D eigenvalue weighted by Gasteiger charge is 2.05. The largest absolute Gasteiger partial charge is 0.0654 e. The van der Waals surface area contributed by atoms with E-state index >= 15 is 0 Å². The molecule has 0 rings (SSSR count). The quantitative estimate of drug-likeness (QED) is 0.252. The highest BCUT2D eigenvalue weighted by Crippen LogP contribution is 2.21. The highest BCUT2D eigenvalue weighted by molar-refractivity contribution is 4.59. The monoisotopic (exact) mass is 282 g/mol. The summed E-state index contributed by atoms with van der Waals surface area (Å²) in [7, 11) is 0. The third-order valence-corrected chi connectivity index (χ3v) is 4.76. The van der Waals surface area contributed by atoms with Gasteiger partial charge in [0.15, 0.2) is 0 Å². The molecule has 1 atom stereocenters. The van der Waals surface area contributed by atoms with Gasteiger partial charge < -0.3 is 0 Å². The van der Waals surface area contributed by atoms with Crippen molar-refractivity contribution < 1.29 is 0 Å². The minimum Gasteiger partial charge on any atom is -0.0654 e. The molecule has 0 heterocycles. The maximum atomic E-state index is 2.39. The van der Waals surface area contributed by atoms with E-state index in [-0.39, 0.29) is 0 Å². The topological polar surface area (TPSA) is 0 Å². The minimum atomic E-state index is 1.02. The summed E-state index contributed by atoms with van der Waals surface area (Å²) in [6.07, 6.45) is 23.3. The molecular weight excluding hydrogens is 240 g/mol. The second-order valence-corrected chi connectivity index (χ2v) is 6.74. The van der Waals surface area contributed by atoms with E-state index in [4.69, 9.17) is 0 Å². The third-order valence-electron chi connectivity index (χ3n) is 4.76. The molecule has 0 aliphatic heterocycles. The second kappa shape index (κ2) is 17.1. The molecule has 0 N–H and O–H groups in total. The van der Waals surface area contributed by atoms with E-state index in [1.54, 1.807) is 0 Å². The summed E-state index contributed by atoms with van der Waals surface area (Å²) in [4.78, 5) is 0. The smallest absolute Gasteiger partial charge is 0.0417 e. The van der Waals surface area contributed by atoms with Crippen molar-refractivity contribution in [2.75, 3.05) is 0 Å². The average molecular weight is 283 g/mol. The van der Waals surface area contributed by atoms with Gasteiger partial charge in [0, 0.05) is 0 Å². The van der Waals surface area contributed by atoms with Crippen molar-refractivity contribution in [2.45, 2.75) is 124 Å². The summed E-state index contributed by atoms with van der Waals surface area (Å²) in [6.45, 7) is 6.99. The first-order chi connectivity index (χ1) is 9.85. The van der Waals surface area contributed by atoms with Gasteiger partial charge in [-0.05, 0) is 5.92 Å². The van der Waals surface area contributed by atoms with Gasteiger partial charge in [-0.2, -0.15) is 0 Å². The molecule has 0 aromatic heterocycles. The lowest BCUT2D eigenvalue weighted by molar-refractivity contribution is 0.394. The van der Waals surface area contributed by atoms with Crippen LogP contribution < -0.4 is 0 Å². The van der Waals surface area contributed by atoms with Gasteiger partial charge in [0.05, 0.1) is 0 Å². The van der Waals surface area contributed by atoms with Crippen LogP contribution in [0.15, 0.2) is 0 Å². The summed E-state index contributed by atoms with van der Waals surface area (Å²) in [5, 5.41) is 0. The van der Waals surface area contributed by atoms with Crippen molar-refractivity contribution in [3.8, 4) is 0 Å². The Bertz CT molecular complexity index is 161. The zero-order valence-corrected chi connectivity index (χ0v) is 14.9. The lowest BCUT2D eigenvalue weighted by Gasteiger charge is -2.14. The van der Waals surface area contributed by atoms with Crippen LogP contribution in [-0.2, 0) is 0 Å². The summed E-state index contributed by atoms with van der Waals surface area (Å²) < 4.78 is 0. The van der Waals surface area contributed by atoms with Crippen molar-refractivity contribution in [1.29, 1.82) is 0 Å². The summed E-state index contributed by atoms with van der Waals surface area (Å²) in [5.74, 6) is 1.02. The average Bonchev–Trinajstić information content (AvgIpc) is 2.47. The van der Waals surface area contributed by atoms with Crippen molar-refractivity contribution in [2.24, 2.45) is 5.92 Å². The number of hydrogen-bond donors (Lipinski definition) is 0. The Balaban J connectivity index is 3.24. The lowest BCUT2D eigenvalue weighted by Crippen LogP contribution is -1.99. The Hall–Kier alpha value is 0. The van der Waals surface area contributed by atoms with Crippen molar-refractivity contribution in [3.05, 3.63) is 0 Å². The fourth-order valence-electron chi connectivity index (χ4n) is 3.16. The molecule has 1 unspecified atom stereocenters. The molecule has 0 heteroatoms. The maximum Gasteiger partial charge on any atom is -0.0417 e. The predicted molar refractivity (Wildman–Crippen MR) is 94.4 cm³/mol. The summed E-state index contributed by atoms with van der Waals surface area (Å²) in [6, 6.07) is 0. The predicted octanol–water partition coefficient (Wildman–Crippen LogP) is 7.90. The van der Waals surface area contributed by atoms with E-state index in [1.807, 2.05) is 0 Å². The van der Waals surface area contributed by atoms with Gasteiger partial charge in [0.2, 0.25) is 0 Å². The molecular formula is C20H42. The van der Waals surface area contributed by atoms with Crippen LogP contribution in [0, 0.1) is 5.92 Å². The molecule has 0 radical (unpaired) electrons. The van der Waals surface area contributed by atoms with Crippen LogP contribution in [0.2, 0.25) is 0 Å². The molecule has 0 nitrogen and oxygen atoms in total. The SMILES string of the molecule is CCCCCCCCCCCC(CC)CCCCCC. The Morgan fingerprint density at radius 2 is 0.800 bits per heavy atom. The maximum absolute atomic E-state index is 2.39. The highest BCUT2D eigenvalue weighted by atomic mass is 14.1. The lowest BCUT2D eigenvalue weighted by atomic mass is 9.92. The van der Waals surface area contributed by atoms with Crippen LogP contribution in [0.1, 0.15) is 124 Å². The number of rotatable bonds is 16. The normalized spacial score (nSPS) is 12.8. The first-order valence-electron chi connectivity index (χ1n) is 9.85. The Morgan fingerprint density at radius 1 is 0.450 bits per heavy atom. The van der Waals surface area contributed by atoms with Gasteiger partial charge in [-0.15, -0.1) is 0 Å². The fourth-order valence-corrected chi connectivity index (χ4v) is 3.16. The standard InChI is InChI=1S/C20H42/c1-4-7-9-11-12-13-14-15-17-19-20(6-3)18-16-10-8-5-2/h20H,4-19H2,1-3H3. The van der Waals surface area contributed by atoms with Crippen LogP contribution in [0.4, 0.5) is 0 Å². The van der Waals surface area contributed by atoms with Gasteiger partial charge in [-0.1, -0.05) is 124 Å². The first-order valence-corrected chi connectivity index (χ1v) is 9.85. The molecule has 122 valence electrons. The molecule has 0 aliphatic carbocycles. The molecule has 0 amide bonds. The molecule has 0 aromatic rings. The van der Waals surface area contributed by atoms with Crippen molar-refractivity contribution >= 4 is 0 Å². The van der Waals surface area contributed by atoms with Crippen LogP contribution in [-0.4, -0.2) is 0 Å². The van der Waals surface area contributed by atoms with Crippen LogP contribution in [0.3, 0.4) is 0 Å². The number of unbranched alkanes of at least 4 members (excludes halogenated alkanes) is 11. The second-order valence-electron chi connectivity index (χ2n) is 6.74. The molecule has 0 aromatic carbocycles. The molecule has 0 spiro atoms. The van der Waals surface area contributed by atoms with E-state index in [2.05, 4.69) is 20.8 Å². The van der Waals surface area contributed by atoms with Crippen LogP contribution in [0.5, 0.6) is 0 Å². The van der Waals surface area contributed by atoms with E-state index in [1.165, 1.54) is 103 Å². The first kappa shape index (κ1) is 20.0. The zero-order valence-electron chi connectivity index (χ0n) is 14.9. The van der Waals surface area contributed by atoms with E-state index in [0.29, 0.717) is 0 Å². The molecule has 0 saturated heterocycles. The minimum absolute atomic E-state index is 1.02. The summed E-state index contributed by atoms with van der Waals surface area (Å²) >= 11 is 0. The molecule has 0 bridgehead atoms. The van der Waals surface area contributed by atoms with Gasteiger partial charge >= 0.3 is 0 Å². The van der Waals surface area contributed by atoms with Gasteiger partial charge in [-0.3, -0.25) is 0 Å². The fraction of sp³-hybridized carbons (Fsp3) is 1.00. The molecule has 0 fully saturated rings.